The lowest BCUT2D eigenvalue weighted by Gasteiger charge is -2.30. The molecular weight excluding hydrogens is 309 g/mol. The number of nitro groups is 1. The highest BCUT2D eigenvalue weighted by molar-refractivity contribution is 5.55. The summed E-state index contributed by atoms with van der Waals surface area (Å²) >= 11 is 0. The Bertz CT molecular complexity index is 789. The zero-order valence-electron chi connectivity index (χ0n) is 12.9. The van der Waals surface area contributed by atoms with Crippen LogP contribution in [0.4, 0.5) is 15.8 Å². The summed E-state index contributed by atoms with van der Waals surface area (Å²) in [5.41, 5.74) is 0.949. The minimum atomic E-state index is -0.624. The summed E-state index contributed by atoms with van der Waals surface area (Å²) in [5.74, 6) is -0.996. The summed E-state index contributed by atoms with van der Waals surface area (Å²) in [6, 6.07) is 15.3. The maximum absolute atomic E-state index is 14.4. The summed E-state index contributed by atoms with van der Waals surface area (Å²) in [6.45, 7) is 0.629. The van der Waals surface area contributed by atoms with E-state index in [1.165, 1.54) is 12.1 Å². The minimum absolute atomic E-state index is 0.145. The van der Waals surface area contributed by atoms with E-state index in [-0.39, 0.29) is 17.6 Å². The van der Waals surface area contributed by atoms with Gasteiger partial charge in [-0.1, -0.05) is 30.3 Å². The van der Waals surface area contributed by atoms with E-state index in [0.717, 1.165) is 24.5 Å². The molecule has 0 aliphatic carbocycles. The standard InChI is InChI=1S/C18H16FN3O2/c19-16-11-14(22(23)24)8-9-18(16)21-10-4-7-17(21)15(12-20)13-5-2-1-3-6-13/h1-3,5-6,8-9,11,15,17H,4,7,10H2. The van der Waals surface area contributed by atoms with Gasteiger partial charge in [-0.2, -0.15) is 5.26 Å². The lowest BCUT2D eigenvalue weighted by molar-refractivity contribution is -0.385. The van der Waals surface area contributed by atoms with Crippen LogP contribution in [0.2, 0.25) is 0 Å². The van der Waals surface area contributed by atoms with Crippen LogP contribution in [-0.2, 0) is 0 Å². The van der Waals surface area contributed by atoms with Crippen LogP contribution >= 0.6 is 0 Å². The number of nitriles is 1. The van der Waals surface area contributed by atoms with Crippen LogP contribution in [0, 0.1) is 27.3 Å². The average Bonchev–Trinajstić information content (AvgIpc) is 3.05. The first kappa shape index (κ1) is 15.9. The fraction of sp³-hybridized carbons (Fsp3) is 0.278. The number of rotatable bonds is 4. The molecule has 2 unspecified atom stereocenters. The fourth-order valence-electron chi connectivity index (χ4n) is 3.32. The molecule has 1 fully saturated rings. The second-order valence-electron chi connectivity index (χ2n) is 5.81. The van der Waals surface area contributed by atoms with E-state index < -0.39 is 10.7 Å². The van der Waals surface area contributed by atoms with Crippen LogP contribution in [0.3, 0.4) is 0 Å². The third-order valence-electron chi connectivity index (χ3n) is 4.43. The van der Waals surface area contributed by atoms with Crippen LogP contribution in [-0.4, -0.2) is 17.5 Å². The van der Waals surface area contributed by atoms with Crippen molar-refractivity contribution in [1.82, 2.24) is 0 Å². The Morgan fingerprint density at radius 3 is 2.67 bits per heavy atom. The Morgan fingerprint density at radius 1 is 1.29 bits per heavy atom. The Kier molecular flexibility index (Phi) is 4.43. The van der Waals surface area contributed by atoms with Crippen molar-refractivity contribution < 1.29 is 9.31 Å². The van der Waals surface area contributed by atoms with Crippen molar-refractivity contribution in [2.75, 3.05) is 11.4 Å². The lowest BCUT2D eigenvalue weighted by atomic mass is 9.91. The lowest BCUT2D eigenvalue weighted by Crippen LogP contribution is -2.34. The summed E-state index contributed by atoms with van der Waals surface area (Å²) in [4.78, 5) is 12.0. The molecule has 0 N–H and O–H groups in total. The molecule has 1 heterocycles. The fourth-order valence-corrected chi connectivity index (χ4v) is 3.32. The van der Waals surface area contributed by atoms with E-state index in [9.17, 15) is 19.8 Å². The van der Waals surface area contributed by atoms with E-state index in [0.29, 0.717) is 12.2 Å². The zero-order chi connectivity index (χ0) is 17.1. The van der Waals surface area contributed by atoms with Crippen molar-refractivity contribution >= 4 is 11.4 Å². The van der Waals surface area contributed by atoms with Crippen LogP contribution in [0.15, 0.2) is 48.5 Å². The van der Waals surface area contributed by atoms with Gasteiger partial charge in [0.05, 0.1) is 28.7 Å². The first-order valence-electron chi connectivity index (χ1n) is 7.77. The van der Waals surface area contributed by atoms with Crippen molar-refractivity contribution in [1.29, 1.82) is 5.26 Å². The number of hydrogen-bond donors (Lipinski definition) is 0. The number of anilines is 1. The Hall–Kier alpha value is -2.94. The van der Waals surface area contributed by atoms with Gasteiger partial charge in [-0.05, 0) is 24.5 Å². The Balaban J connectivity index is 1.93. The molecule has 0 saturated carbocycles. The molecular formula is C18H16FN3O2. The van der Waals surface area contributed by atoms with Gasteiger partial charge in [-0.3, -0.25) is 10.1 Å². The number of halogens is 1. The van der Waals surface area contributed by atoms with Crippen LogP contribution in [0.5, 0.6) is 0 Å². The highest BCUT2D eigenvalue weighted by Gasteiger charge is 2.34. The van der Waals surface area contributed by atoms with Gasteiger partial charge in [0.1, 0.15) is 0 Å². The van der Waals surface area contributed by atoms with Crippen molar-refractivity contribution in [3.63, 3.8) is 0 Å². The molecule has 24 heavy (non-hydrogen) atoms. The molecule has 1 aliphatic rings. The van der Waals surface area contributed by atoms with Gasteiger partial charge in [0.25, 0.3) is 5.69 Å². The number of nitro benzene ring substituents is 1. The van der Waals surface area contributed by atoms with Crippen LogP contribution < -0.4 is 4.90 Å². The molecule has 0 amide bonds. The maximum atomic E-state index is 14.4. The highest BCUT2D eigenvalue weighted by atomic mass is 19.1. The van der Waals surface area contributed by atoms with E-state index in [1.54, 1.807) is 0 Å². The molecule has 0 radical (unpaired) electrons. The molecule has 0 bridgehead atoms. The number of hydrogen-bond acceptors (Lipinski definition) is 4. The van der Waals surface area contributed by atoms with Gasteiger partial charge in [-0.25, -0.2) is 4.39 Å². The van der Waals surface area contributed by atoms with Crippen LogP contribution in [0.25, 0.3) is 0 Å². The van der Waals surface area contributed by atoms with E-state index in [4.69, 9.17) is 0 Å². The predicted octanol–water partition coefficient (Wildman–Crippen LogP) is 4.01. The van der Waals surface area contributed by atoms with E-state index in [1.807, 2.05) is 35.2 Å². The van der Waals surface area contributed by atoms with Crippen molar-refractivity contribution in [2.45, 2.75) is 24.8 Å². The zero-order valence-corrected chi connectivity index (χ0v) is 12.9. The molecule has 3 rings (SSSR count). The van der Waals surface area contributed by atoms with Gasteiger partial charge >= 0.3 is 0 Å². The summed E-state index contributed by atoms with van der Waals surface area (Å²) in [5, 5.41) is 20.4. The Labute approximate surface area is 139 Å². The number of nitrogens with zero attached hydrogens (tertiary/aromatic N) is 3. The maximum Gasteiger partial charge on any atom is 0.272 e. The van der Waals surface area contributed by atoms with Crippen molar-refractivity contribution in [3.8, 4) is 6.07 Å². The first-order chi connectivity index (χ1) is 11.6. The van der Waals surface area contributed by atoms with Gasteiger partial charge in [-0.15, -0.1) is 0 Å². The molecule has 2 aromatic rings. The number of non-ortho nitro benzene ring substituents is 1. The second-order valence-corrected chi connectivity index (χ2v) is 5.81. The molecule has 2 aromatic carbocycles. The molecule has 1 aliphatic heterocycles. The van der Waals surface area contributed by atoms with E-state index >= 15 is 0 Å². The largest absolute Gasteiger partial charge is 0.365 e. The van der Waals surface area contributed by atoms with Crippen molar-refractivity contribution in [3.05, 3.63) is 70.0 Å². The van der Waals surface area contributed by atoms with Gasteiger partial charge in [0.2, 0.25) is 0 Å². The monoisotopic (exact) mass is 325 g/mol. The summed E-state index contributed by atoms with van der Waals surface area (Å²) in [6.07, 6.45) is 1.63. The molecule has 0 aromatic heterocycles. The quantitative estimate of drug-likeness (QED) is 0.629. The Morgan fingerprint density at radius 2 is 2.04 bits per heavy atom. The SMILES string of the molecule is N#CC(c1ccccc1)C1CCCN1c1ccc([N+](=O)[O-])cc1F. The molecule has 0 spiro atoms. The predicted molar refractivity (Wildman–Crippen MR) is 88.2 cm³/mol. The summed E-state index contributed by atoms with van der Waals surface area (Å²) in [7, 11) is 0. The molecule has 5 nitrogen and oxygen atoms in total. The molecule has 6 heteroatoms. The third-order valence-corrected chi connectivity index (χ3v) is 4.43. The minimum Gasteiger partial charge on any atom is -0.365 e. The smallest absolute Gasteiger partial charge is 0.272 e. The third kappa shape index (κ3) is 2.93. The molecule has 122 valence electrons. The normalized spacial score (nSPS) is 18.2. The second kappa shape index (κ2) is 6.67. The van der Waals surface area contributed by atoms with Gasteiger partial charge < -0.3 is 4.90 Å². The molecule has 1 saturated heterocycles. The molecule has 2 atom stereocenters. The summed E-state index contributed by atoms with van der Waals surface area (Å²) < 4.78 is 14.4. The van der Waals surface area contributed by atoms with Gasteiger partial charge in [0.15, 0.2) is 5.82 Å². The van der Waals surface area contributed by atoms with Gasteiger partial charge in [0, 0.05) is 18.7 Å². The van der Waals surface area contributed by atoms with Crippen molar-refractivity contribution in [2.24, 2.45) is 0 Å². The first-order valence-corrected chi connectivity index (χ1v) is 7.77. The highest BCUT2D eigenvalue weighted by Crippen LogP contribution is 2.36. The average molecular weight is 325 g/mol. The topological polar surface area (TPSA) is 70.2 Å². The van der Waals surface area contributed by atoms with Crippen LogP contribution in [0.1, 0.15) is 24.3 Å². The number of benzene rings is 2. The van der Waals surface area contributed by atoms with E-state index in [2.05, 4.69) is 6.07 Å².